The molecular formula is C31H64O15. The highest BCUT2D eigenvalue weighted by Gasteiger charge is 2.48. The first-order valence-electron chi connectivity index (χ1n) is 15.5. The number of hydrogen-bond donors (Lipinski definition) is 11. The van der Waals surface area contributed by atoms with E-state index < -0.39 is 92.4 Å². The largest absolute Gasteiger partial charge is 0.394 e. The number of rotatable bonds is 8. The molecule has 11 N–H and O–H groups in total. The summed E-state index contributed by atoms with van der Waals surface area (Å²) in [5.74, 6) is 0. The van der Waals surface area contributed by atoms with Gasteiger partial charge in [0.2, 0.25) is 0 Å². The SMILES string of the molecule is CC(C)(C)CC(O)C(O)C(O)C(O)CO.COC1OC(C(C)(C)C)C(O)C(O)C1O.COC1OC(CC(C)(C)C)C(O)C(O)C1O. The molecule has 0 radical (unpaired) electrons. The summed E-state index contributed by atoms with van der Waals surface area (Å²) < 4.78 is 20.7. The summed E-state index contributed by atoms with van der Waals surface area (Å²) in [7, 11) is 2.78. The molecule has 0 spiro atoms. The first kappa shape index (κ1) is 45.4. The van der Waals surface area contributed by atoms with Crippen molar-refractivity contribution in [3.05, 3.63) is 0 Å². The Morgan fingerprint density at radius 3 is 1.35 bits per heavy atom. The fraction of sp³-hybridized carbons (Fsp3) is 1.00. The minimum Gasteiger partial charge on any atom is -0.394 e. The van der Waals surface area contributed by atoms with Gasteiger partial charge < -0.3 is 75.1 Å². The van der Waals surface area contributed by atoms with Crippen LogP contribution in [0.1, 0.15) is 75.2 Å². The molecule has 2 aliphatic heterocycles. The van der Waals surface area contributed by atoms with Crippen molar-refractivity contribution in [1.82, 2.24) is 0 Å². The van der Waals surface area contributed by atoms with E-state index in [1.54, 1.807) is 0 Å². The molecule has 0 saturated carbocycles. The molecule has 14 atom stereocenters. The summed E-state index contributed by atoms with van der Waals surface area (Å²) in [6.45, 7) is 16.7. The molecule has 46 heavy (non-hydrogen) atoms. The zero-order valence-corrected chi connectivity index (χ0v) is 29.3. The first-order chi connectivity index (χ1) is 20.7. The fourth-order valence-electron chi connectivity index (χ4n) is 4.95. The van der Waals surface area contributed by atoms with E-state index in [4.69, 9.17) is 29.2 Å². The molecule has 0 amide bonds. The summed E-state index contributed by atoms with van der Waals surface area (Å²) >= 11 is 0. The summed E-state index contributed by atoms with van der Waals surface area (Å²) in [5.41, 5.74) is -0.562. The third-order valence-electron chi connectivity index (χ3n) is 7.52. The molecule has 0 aromatic carbocycles. The highest BCUT2D eigenvalue weighted by Crippen LogP contribution is 2.33. The standard InChI is InChI=1S/C11H22O5.C10H20O5.C10H22O5/c1-11(2,3)5-6-7(12)8(13)9(14)10(15-4)16-6;1-10(2,3)8-6(12)5(11)7(13)9(14-4)15-8;1-10(2,3)4-6(12)8(14)9(15)7(13)5-11/h6-10,12-14H,5H2,1-4H3;5-9,11-13H,1-4H3;6-9,11-15H,4-5H2,1-3H3. The highest BCUT2D eigenvalue weighted by atomic mass is 16.7. The molecule has 2 saturated heterocycles. The van der Waals surface area contributed by atoms with Gasteiger partial charge in [0, 0.05) is 14.2 Å². The molecule has 14 unspecified atom stereocenters. The third-order valence-corrected chi connectivity index (χ3v) is 7.52. The topological polar surface area (TPSA) is 259 Å². The van der Waals surface area contributed by atoms with Crippen LogP contribution in [0, 0.1) is 16.2 Å². The van der Waals surface area contributed by atoms with E-state index in [1.165, 1.54) is 14.2 Å². The molecule has 15 nitrogen and oxygen atoms in total. The van der Waals surface area contributed by atoms with Crippen molar-refractivity contribution in [2.24, 2.45) is 16.2 Å². The lowest BCUT2D eigenvalue weighted by molar-refractivity contribution is -0.306. The van der Waals surface area contributed by atoms with Crippen molar-refractivity contribution >= 4 is 0 Å². The van der Waals surface area contributed by atoms with Crippen LogP contribution < -0.4 is 0 Å². The monoisotopic (exact) mass is 676 g/mol. The van der Waals surface area contributed by atoms with Crippen molar-refractivity contribution in [2.45, 2.75) is 161 Å². The van der Waals surface area contributed by atoms with E-state index in [0.717, 1.165) is 0 Å². The van der Waals surface area contributed by atoms with Gasteiger partial charge in [-0.2, -0.15) is 0 Å². The van der Waals surface area contributed by atoms with E-state index in [-0.39, 0.29) is 16.2 Å². The van der Waals surface area contributed by atoms with E-state index in [2.05, 4.69) is 0 Å². The van der Waals surface area contributed by atoms with E-state index >= 15 is 0 Å². The Bertz CT molecular complexity index is 817. The maximum Gasteiger partial charge on any atom is 0.186 e. The Morgan fingerprint density at radius 2 is 0.978 bits per heavy atom. The van der Waals surface area contributed by atoms with Crippen LogP contribution in [-0.4, -0.2) is 163 Å². The Hall–Kier alpha value is -0.600. The lowest BCUT2D eigenvalue weighted by Gasteiger charge is -2.45. The van der Waals surface area contributed by atoms with Crippen molar-refractivity contribution in [2.75, 3.05) is 20.8 Å². The molecule has 0 bridgehead atoms. The van der Waals surface area contributed by atoms with Crippen LogP contribution in [0.3, 0.4) is 0 Å². The molecule has 2 rings (SSSR count). The third kappa shape index (κ3) is 14.5. The van der Waals surface area contributed by atoms with Gasteiger partial charge in [-0.15, -0.1) is 0 Å². The zero-order chi connectivity index (χ0) is 36.5. The molecule has 0 aromatic rings. The average Bonchev–Trinajstić information content (AvgIpc) is 2.93. The Labute approximate surface area is 273 Å². The van der Waals surface area contributed by atoms with Crippen LogP contribution in [-0.2, 0) is 18.9 Å². The van der Waals surface area contributed by atoms with E-state index in [0.29, 0.717) is 12.8 Å². The van der Waals surface area contributed by atoms with Gasteiger partial charge in [-0.3, -0.25) is 0 Å². The second-order valence-electron chi connectivity index (χ2n) is 15.6. The number of aliphatic hydroxyl groups is 11. The van der Waals surface area contributed by atoms with Crippen LogP contribution in [0.15, 0.2) is 0 Å². The number of aliphatic hydroxyl groups excluding tert-OH is 11. The van der Waals surface area contributed by atoms with Gasteiger partial charge in [0.05, 0.1) is 24.9 Å². The van der Waals surface area contributed by atoms with Crippen molar-refractivity contribution < 1.29 is 75.1 Å². The minimum absolute atomic E-state index is 0.0358. The molecule has 15 heteroatoms. The Kier molecular flexibility index (Phi) is 18.7. The van der Waals surface area contributed by atoms with Crippen LogP contribution >= 0.6 is 0 Å². The van der Waals surface area contributed by atoms with Gasteiger partial charge in [0.1, 0.15) is 54.9 Å². The van der Waals surface area contributed by atoms with Crippen molar-refractivity contribution in [1.29, 1.82) is 0 Å². The summed E-state index contributed by atoms with van der Waals surface area (Å²) in [6, 6.07) is 0. The summed E-state index contributed by atoms with van der Waals surface area (Å²) in [6.07, 6.45) is -14.6. The second kappa shape index (κ2) is 19.0. The van der Waals surface area contributed by atoms with Gasteiger partial charge in [-0.25, -0.2) is 0 Å². The molecule has 2 fully saturated rings. The molecule has 2 heterocycles. The lowest BCUT2D eigenvalue weighted by Crippen LogP contribution is -2.61. The highest BCUT2D eigenvalue weighted by molar-refractivity contribution is 4.94. The van der Waals surface area contributed by atoms with Crippen LogP contribution in [0.4, 0.5) is 0 Å². The van der Waals surface area contributed by atoms with Crippen LogP contribution in [0.25, 0.3) is 0 Å². The molecular weight excluding hydrogens is 612 g/mol. The zero-order valence-electron chi connectivity index (χ0n) is 29.3. The normalized spacial score (nSPS) is 35.1. The van der Waals surface area contributed by atoms with Gasteiger partial charge in [-0.05, 0) is 29.1 Å². The van der Waals surface area contributed by atoms with Gasteiger partial charge in [0.15, 0.2) is 12.6 Å². The number of hydrogen-bond acceptors (Lipinski definition) is 15. The Balaban J connectivity index is 0.000000661. The predicted molar refractivity (Wildman–Crippen MR) is 166 cm³/mol. The quantitative estimate of drug-likeness (QED) is 0.136. The van der Waals surface area contributed by atoms with Gasteiger partial charge in [0.25, 0.3) is 0 Å². The molecule has 0 aliphatic carbocycles. The molecule has 278 valence electrons. The fourth-order valence-corrected chi connectivity index (χ4v) is 4.95. The van der Waals surface area contributed by atoms with Gasteiger partial charge in [-0.1, -0.05) is 62.3 Å². The van der Waals surface area contributed by atoms with Crippen LogP contribution in [0.2, 0.25) is 0 Å². The lowest BCUT2D eigenvalue weighted by atomic mass is 9.81. The summed E-state index contributed by atoms with van der Waals surface area (Å²) in [4.78, 5) is 0. The van der Waals surface area contributed by atoms with Crippen molar-refractivity contribution in [3.8, 4) is 0 Å². The minimum atomic E-state index is -1.53. The Morgan fingerprint density at radius 1 is 0.565 bits per heavy atom. The number of ether oxygens (including phenoxy) is 4. The maximum atomic E-state index is 9.79. The van der Waals surface area contributed by atoms with E-state index in [9.17, 15) is 46.0 Å². The summed E-state index contributed by atoms with van der Waals surface area (Å²) in [5, 5.41) is 104. The predicted octanol–water partition coefficient (Wildman–Crippen LogP) is -1.78. The first-order valence-corrected chi connectivity index (χ1v) is 15.5. The van der Waals surface area contributed by atoms with Gasteiger partial charge >= 0.3 is 0 Å². The molecule has 2 aliphatic rings. The molecule has 0 aromatic heterocycles. The van der Waals surface area contributed by atoms with Crippen LogP contribution in [0.5, 0.6) is 0 Å². The van der Waals surface area contributed by atoms with Crippen molar-refractivity contribution in [3.63, 3.8) is 0 Å². The van der Waals surface area contributed by atoms with E-state index in [1.807, 2.05) is 62.3 Å². The maximum absolute atomic E-state index is 9.79. The number of methoxy groups -OCH3 is 2. The smallest absolute Gasteiger partial charge is 0.186 e. The average molecular weight is 677 g/mol. The second-order valence-corrected chi connectivity index (χ2v) is 15.6.